The fourth-order valence-electron chi connectivity index (χ4n) is 3.77. The van der Waals surface area contributed by atoms with E-state index in [0.717, 1.165) is 31.7 Å². The maximum Gasteiger partial charge on any atom is 0.254 e. The minimum atomic E-state index is -0.0312. The van der Waals surface area contributed by atoms with Crippen LogP contribution in [-0.4, -0.2) is 48.2 Å². The molecule has 0 radical (unpaired) electrons. The Morgan fingerprint density at radius 1 is 1.59 bits per heavy atom. The first-order valence-electron chi connectivity index (χ1n) is 8.11. The summed E-state index contributed by atoms with van der Waals surface area (Å²) in [5.41, 5.74) is 1.60. The van der Waals surface area contributed by atoms with Crippen molar-refractivity contribution in [3.8, 4) is 0 Å². The molecule has 1 aromatic heterocycles. The van der Waals surface area contributed by atoms with E-state index >= 15 is 0 Å². The molecule has 2 aliphatic rings. The van der Waals surface area contributed by atoms with Crippen molar-refractivity contribution >= 4 is 5.91 Å². The Kier molecular flexibility index (Phi) is 4.49. The van der Waals surface area contributed by atoms with Crippen molar-refractivity contribution in [2.45, 2.75) is 45.4 Å². The van der Waals surface area contributed by atoms with Crippen LogP contribution in [0, 0.1) is 18.8 Å². The molecule has 1 saturated heterocycles. The number of hydrogen-bond acceptors (Lipinski definition) is 4. The number of hydrogen-bond donors (Lipinski definition) is 1. The highest BCUT2D eigenvalue weighted by atomic mass is 16.5. The molecule has 3 rings (SSSR count). The molecule has 0 unspecified atom stereocenters. The lowest BCUT2D eigenvalue weighted by atomic mass is 9.67. The van der Waals surface area contributed by atoms with Gasteiger partial charge in [0, 0.05) is 43.8 Å². The molecule has 0 spiro atoms. The molecule has 2 heterocycles. The summed E-state index contributed by atoms with van der Waals surface area (Å²) in [6.07, 6.45) is 3.94. The van der Waals surface area contributed by atoms with Gasteiger partial charge in [-0.1, -0.05) is 6.92 Å². The van der Waals surface area contributed by atoms with Gasteiger partial charge in [0.2, 0.25) is 0 Å². The standard InChI is InChI=1S/C16H25N3O3/c1-4-6-19-10(2)12(8-17-19)16(20)18-14-11-5-7-22-15(11)13(14)9-21-3/h8,11,13-15H,4-7,9H2,1-3H3,(H,18,20)/t11-,13+,14-,15-/m0/s1. The highest BCUT2D eigenvalue weighted by Crippen LogP contribution is 2.43. The number of nitrogens with one attached hydrogen (secondary N) is 1. The van der Waals surface area contributed by atoms with Gasteiger partial charge in [0.1, 0.15) is 0 Å². The summed E-state index contributed by atoms with van der Waals surface area (Å²) in [6.45, 7) is 6.31. The lowest BCUT2D eigenvalue weighted by molar-refractivity contribution is -0.0809. The summed E-state index contributed by atoms with van der Waals surface area (Å²) >= 11 is 0. The Labute approximate surface area is 131 Å². The molecule has 1 aliphatic heterocycles. The van der Waals surface area contributed by atoms with Crippen LogP contribution in [0.1, 0.15) is 35.8 Å². The predicted molar refractivity (Wildman–Crippen MR) is 81.7 cm³/mol. The van der Waals surface area contributed by atoms with Crippen molar-refractivity contribution in [1.82, 2.24) is 15.1 Å². The van der Waals surface area contributed by atoms with Crippen LogP contribution in [0.3, 0.4) is 0 Å². The number of aromatic nitrogens is 2. The van der Waals surface area contributed by atoms with Gasteiger partial charge in [0.05, 0.1) is 24.5 Å². The zero-order chi connectivity index (χ0) is 15.7. The fraction of sp³-hybridized carbons (Fsp3) is 0.750. The average molecular weight is 307 g/mol. The lowest BCUT2D eigenvalue weighted by Gasteiger charge is -2.47. The third kappa shape index (κ3) is 2.54. The molecular weight excluding hydrogens is 282 g/mol. The molecule has 1 saturated carbocycles. The van der Waals surface area contributed by atoms with Crippen molar-refractivity contribution in [3.05, 3.63) is 17.5 Å². The van der Waals surface area contributed by atoms with Crippen LogP contribution in [-0.2, 0) is 16.0 Å². The van der Waals surface area contributed by atoms with Crippen molar-refractivity contribution in [2.24, 2.45) is 11.8 Å². The second kappa shape index (κ2) is 6.38. The number of rotatable bonds is 6. The number of aryl methyl sites for hydroxylation is 1. The maximum absolute atomic E-state index is 12.6. The van der Waals surface area contributed by atoms with Gasteiger partial charge in [-0.2, -0.15) is 5.10 Å². The molecule has 6 heteroatoms. The van der Waals surface area contributed by atoms with Gasteiger partial charge >= 0.3 is 0 Å². The third-order valence-electron chi connectivity index (χ3n) is 4.97. The summed E-state index contributed by atoms with van der Waals surface area (Å²) in [5, 5.41) is 7.49. The molecule has 1 N–H and O–H groups in total. The van der Waals surface area contributed by atoms with Crippen LogP contribution < -0.4 is 5.32 Å². The van der Waals surface area contributed by atoms with Gasteiger partial charge in [-0.05, 0) is 19.8 Å². The summed E-state index contributed by atoms with van der Waals surface area (Å²) < 4.78 is 12.9. The van der Waals surface area contributed by atoms with E-state index in [9.17, 15) is 4.79 Å². The van der Waals surface area contributed by atoms with E-state index in [2.05, 4.69) is 17.3 Å². The van der Waals surface area contributed by atoms with Crippen LogP contribution in [0.2, 0.25) is 0 Å². The van der Waals surface area contributed by atoms with Gasteiger partial charge in [-0.25, -0.2) is 0 Å². The monoisotopic (exact) mass is 307 g/mol. The SMILES string of the molecule is CCCn1ncc(C(=O)N[C@@H]2[C@@H](COC)[C@H]3OCC[C@@H]23)c1C. The predicted octanol–water partition coefficient (Wildman–Crippen LogP) is 1.38. The van der Waals surface area contributed by atoms with Crippen LogP contribution in [0.4, 0.5) is 0 Å². The summed E-state index contributed by atoms with van der Waals surface area (Å²) in [6, 6.07) is 0.147. The Hall–Kier alpha value is -1.40. The number of carbonyl (C=O) groups is 1. The number of fused-ring (bicyclic) bond motifs is 1. The minimum absolute atomic E-state index is 0.0312. The van der Waals surface area contributed by atoms with Gasteiger partial charge in [-0.15, -0.1) is 0 Å². The highest BCUT2D eigenvalue weighted by molar-refractivity contribution is 5.95. The van der Waals surface area contributed by atoms with E-state index in [0.29, 0.717) is 18.1 Å². The Balaban J connectivity index is 1.68. The molecule has 0 bridgehead atoms. The van der Waals surface area contributed by atoms with Gasteiger partial charge in [-0.3, -0.25) is 9.48 Å². The first-order valence-corrected chi connectivity index (χ1v) is 8.11. The van der Waals surface area contributed by atoms with E-state index < -0.39 is 0 Å². The molecule has 4 atom stereocenters. The molecule has 1 aromatic rings. The van der Waals surface area contributed by atoms with Crippen LogP contribution >= 0.6 is 0 Å². The van der Waals surface area contributed by atoms with Gasteiger partial charge in [0.15, 0.2) is 0 Å². The minimum Gasteiger partial charge on any atom is -0.384 e. The van der Waals surface area contributed by atoms with E-state index in [4.69, 9.17) is 9.47 Å². The zero-order valence-electron chi connectivity index (χ0n) is 13.5. The van der Waals surface area contributed by atoms with E-state index in [1.807, 2.05) is 11.6 Å². The Bertz CT molecular complexity index is 543. The fourth-order valence-corrected chi connectivity index (χ4v) is 3.77. The van der Waals surface area contributed by atoms with Crippen molar-refractivity contribution in [1.29, 1.82) is 0 Å². The topological polar surface area (TPSA) is 65.4 Å². The van der Waals surface area contributed by atoms with Crippen LogP contribution in [0.15, 0.2) is 6.20 Å². The average Bonchev–Trinajstić information content (AvgIpc) is 3.08. The number of ether oxygens (including phenoxy) is 2. The van der Waals surface area contributed by atoms with Gasteiger partial charge in [0.25, 0.3) is 5.91 Å². The maximum atomic E-state index is 12.6. The molecule has 0 aromatic carbocycles. The largest absolute Gasteiger partial charge is 0.384 e. The van der Waals surface area contributed by atoms with Crippen LogP contribution in [0.25, 0.3) is 0 Å². The second-order valence-corrected chi connectivity index (χ2v) is 6.27. The highest BCUT2D eigenvalue weighted by Gasteiger charge is 2.54. The first kappa shape index (κ1) is 15.5. The molecule has 1 amide bonds. The van der Waals surface area contributed by atoms with E-state index in [1.54, 1.807) is 13.3 Å². The summed E-state index contributed by atoms with van der Waals surface area (Å²) in [4.78, 5) is 12.6. The molecule has 2 fully saturated rings. The van der Waals surface area contributed by atoms with E-state index in [1.165, 1.54) is 0 Å². The van der Waals surface area contributed by atoms with Crippen molar-refractivity contribution in [3.63, 3.8) is 0 Å². The molecule has 6 nitrogen and oxygen atoms in total. The number of carbonyl (C=O) groups excluding carboxylic acids is 1. The molecule has 122 valence electrons. The smallest absolute Gasteiger partial charge is 0.254 e. The molecular formula is C16H25N3O3. The number of amides is 1. The third-order valence-corrected chi connectivity index (χ3v) is 4.97. The van der Waals surface area contributed by atoms with E-state index in [-0.39, 0.29) is 24.0 Å². The van der Waals surface area contributed by atoms with Crippen molar-refractivity contribution < 1.29 is 14.3 Å². The number of methoxy groups -OCH3 is 1. The molecule has 22 heavy (non-hydrogen) atoms. The van der Waals surface area contributed by atoms with Crippen molar-refractivity contribution in [2.75, 3.05) is 20.3 Å². The summed E-state index contributed by atoms with van der Waals surface area (Å²) in [7, 11) is 1.69. The quantitative estimate of drug-likeness (QED) is 0.862. The number of nitrogens with zero attached hydrogens (tertiary/aromatic N) is 2. The first-order chi connectivity index (χ1) is 10.7. The lowest BCUT2D eigenvalue weighted by Crippen LogP contribution is -2.62. The van der Waals surface area contributed by atoms with Gasteiger partial charge < -0.3 is 14.8 Å². The summed E-state index contributed by atoms with van der Waals surface area (Å²) in [5.74, 6) is 0.652. The Morgan fingerprint density at radius 2 is 2.41 bits per heavy atom. The molecule has 1 aliphatic carbocycles. The Morgan fingerprint density at radius 3 is 3.14 bits per heavy atom. The zero-order valence-corrected chi connectivity index (χ0v) is 13.5. The second-order valence-electron chi connectivity index (χ2n) is 6.27. The van der Waals surface area contributed by atoms with Crippen LogP contribution in [0.5, 0.6) is 0 Å². The normalized spacial score (nSPS) is 30.0.